The Morgan fingerprint density at radius 2 is 2.23 bits per heavy atom. The number of anilines is 2. The number of carbonyl (C=O) groups excluding carboxylic acids is 1. The lowest BCUT2D eigenvalue weighted by Gasteiger charge is -2.07. The van der Waals surface area contributed by atoms with Crippen molar-refractivity contribution < 1.29 is 9.72 Å². The molecule has 8 nitrogen and oxygen atoms in total. The predicted octanol–water partition coefficient (Wildman–Crippen LogP) is 1.63. The maximum Gasteiger partial charge on any atom is 0.284 e. The van der Waals surface area contributed by atoms with E-state index in [1.54, 1.807) is 0 Å². The number of nitrogen functional groups attached to an aromatic ring is 1. The van der Waals surface area contributed by atoms with E-state index in [1.165, 1.54) is 29.5 Å². The molecule has 2 aromatic rings. The van der Waals surface area contributed by atoms with Gasteiger partial charge in [0.25, 0.3) is 11.6 Å². The van der Waals surface area contributed by atoms with Gasteiger partial charge in [0.15, 0.2) is 5.13 Å². The number of rotatable bonds is 5. The molecule has 0 radical (unpaired) electrons. The molecule has 0 bridgehead atoms. The van der Waals surface area contributed by atoms with Crippen LogP contribution < -0.4 is 16.0 Å². The van der Waals surface area contributed by atoms with Gasteiger partial charge in [-0.2, -0.15) is 0 Å². The molecule has 1 heterocycles. The number of nitrogens with one attached hydrogen (secondary N) is 1. The van der Waals surface area contributed by atoms with Crippen molar-refractivity contribution in [1.29, 1.82) is 0 Å². The molecule has 0 saturated heterocycles. The summed E-state index contributed by atoms with van der Waals surface area (Å²) in [4.78, 5) is 28.7. The van der Waals surface area contributed by atoms with Crippen molar-refractivity contribution >= 4 is 33.8 Å². The van der Waals surface area contributed by atoms with Gasteiger partial charge < -0.3 is 16.0 Å². The molecule has 3 N–H and O–H groups in total. The summed E-state index contributed by atoms with van der Waals surface area (Å²) in [5.74, 6) is -0.593. The van der Waals surface area contributed by atoms with Crippen LogP contribution in [0.1, 0.15) is 16.1 Å². The zero-order chi connectivity index (χ0) is 16.3. The number of benzene rings is 1. The number of hydrogen-bond acceptors (Lipinski definition) is 7. The molecule has 0 unspecified atom stereocenters. The molecular weight excluding hydrogens is 306 g/mol. The highest BCUT2D eigenvalue weighted by atomic mass is 32.1. The number of hydrogen-bond donors (Lipinski definition) is 2. The molecule has 0 fully saturated rings. The van der Waals surface area contributed by atoms with E-state index in [9.17, 15) is 14.9 Å². The van der Waals surface area contributed by atoms with Crippen LogP contribution in [0.2, 0.25) is 0 Å². The fourth-order valence-electron chi connectivity index (χ4n) is 1.80. The van der Waals surface area contributed by atoms with Crippen molar-refractivity contribution in [1.82, 2.24) is 10.3 Å². The Hall–Kier alpha value is -2.68. The molecule has 0 aliphatic rings. The first-order valence-corrected chi connectivity index (χ1v) is 7.21. The lowest BCUT2D eigenvalue weighted by molar-refractivity contribution is -0.385. The minimum Gasteiger partial charge on any atom is -0.398 e. The highest BCUT2D eigenvalue weighted by Crippen LogP contribution is 2.24. The molecule has 1 amide bonds. The van der Waals surface area contributed by atoms with Gasteiger partial charge >= 0.3 is 0 Å². The second-order valence-corrected chi connectivity index (χ2v) is 5.53. The third kappa shape index (κ3) is 3.31. The maximum atomic E-state index is 12.2. The average Bonchev–Trinajstić information content (AvgIpc) is 2.93. The van der Waals surface area contributed by atoms with Crippen molar-refractivity contribution in [3.05, 3.63) is 45.0 Å². The number of nitro benzene ring substituents is 1. The summed E-state index contributed by atoms with van der Waals surface area (Å²) in [6.07, 6.45) is 0. The van der Waals surface area contributed by atoms with Crippen LogP contribution in [0.15, 0.2) is 23.6 Å². The first kappa shape index (κ1) is 15.7. The molecule has 1 aromatic carbocycles. The molecule has 0 aliphatic heterocycles. The summed E-state index contributed by atoms with van der Waals surface area (Å²) in [6.45, 7) is 0.175. The Labute approximate surface area is 130 Å². The Morgan fingerprint density at radius 1 is 1.50 bits per heavy atom. The van der Waals surface area contributed by atoms with Crippen LogP contribution in [-0.4, -0.2) is 29.9 Å². The summed E-state index contributed by atoms with van der Waals surface area (Å²) in [5.41, 5.74) is 5.99. The van der Waals surface area contributed by atoms with Crippen molar-refractivity contribution in [2.75, 3.05) is 24.7 Å². The summed E-state index contributed by atoms with van der Waals surface area (Å²) >= 11 is 1.45. The second-order valence-electron chi connectivity index (χ2n) is 4.70. The van der Waals surface area contributed by atoms with Gasteiger partial charge in [-0.3, -0.25) is 14.9 Å². The van der Waals surface area contributed by atoms with E-state index in [0.717, 1.165) is 5.13 Å². The quantitative estimate of drug-likeness (QED) is 0.491. The smallest absolute Gasteiger partial charge is 0.284 e. The molecular formula is C13H15N5O3S. The van der Waals surface area contributed by atoms with E-state index >= 15 is 0 Å². The third-order valence-corrected chi connectivity index (χ3v) is 3.91. The van der Waals surface area contributed by atoms with Crippen LogP contribution in [0.25, 0.3) is 0 Å². The van der Waals surface area contributed by atoms with Gasteiger partial charge in [0.2, 0.25) is 0 Å². The van der Waals surface area contributed by atoms with E-state index in [4.69, 9.17) is 5.73 Å². The van der Waals surface area contributed by atoms with E-state index < -0.39 is 10.8 Å². The maximum absolute atomic E-state index is 12.2. The average molecular weight is 321 g/mol. The molecule has 0 spiro atoms. The minimum absolute atomic E-state index is 0.0685. The van der Waals surface area contributed by atoms with Gasteiger partial charge in [0.05, 0.1) is 22.8 Å². The third-order valence-electron chi connectivity index (χ3n) is 2.85. The highest BCUT2D eigenvalue weighted by molar-refractivity contribution is 7.13. The summed E-state index contributed by atoms with van der Waals surface area (Å²) in [7, 11) is 3.74. The van der Waals surface area contributed by atoms with Crippen LogP contribution >= 0.6 is 11.3 Å². The van der Waals surface area contributed by atoms with Gasteiger partial charge in [-0.05, 0) is 6.07 Å². The normalized spacial score (nSPS) is 10.3. The number of nitrogens with zero attached hydrogens (tertiary/aromatic N) is 3. The lowest BCUT2D eigenvalue weighted by Crippen LogP contribution is -2.25. The second kappa shape index (κ2) is 6.39. The zero-order valence-electron chi connectivity index (χ0n) is 12.1. The molecule has 116 valence electrons. The van der Waals surface area contributed by atoms with E-state index in [1.807, 2.05) is 24.4 Å². The van der Waals surface area contributed by atoms with Crippen molar-refractivity contribution in [3.8, 4) is 0 Å². The topological polar surface area (TPSA) is 114 Å². The number of aromatic nitrogens is 1. The lowest BCUT2D eigenvalue weighted by atomic mass is 10.1. The molecule has 9 heteroatoms. The minimum atomic E-state index is -0.627. The Morgan fingerprint density at radius 3 is 2.82 bits per heavy atom. The molecule has 0 atom stereocenters. The summed E-state index contributed by atoms with van der Waals surface area (Å²) in [5, 5.41) is 16.2. The fraction of sp³-hybridized carbons (Fsp3) is 0.231. The number of amides is 1. The molecule has 0 saturated carbocycles. The molecule has 22 heavy (non-hydrogen) atoms. The highest BCUT2D eigenvalue weighted by Gasteiger charge is 2.22. The van der Waals surface area contributed by atoms with Crippen molar-refractivity contribution in [2.45, 2.75) is 6.54 Å². The molecule has 2 rings (SSSR count). The van der Waals surface area contributed by atoms with E-state index in [2.05, 4.69) is 10.3 Å². The molecule has 1 aromatic heterocycles. The van der Waals surface area contributed by atoms with Crippen molar-refractivity contribution in [2.24, 2.45) is 0 Å². The van der Waals surface area contributed by atoms with Crippen LogP contribution in [0.4, 0.5) is 16.5 Å². The van der Waals surface area contributed by atoms with Gasteiger partial charge in [0.1, 0.15) is 5.56 Å². The predicted molar refractivity (Wildman–Crippen MR) is 85.1 cm³/mol. The fourth-order valence-corrected chi connectivity index (χ4v) is 2.56. The van der Waals surface area contributed by atoms with Crippen LogP contribution in [0.3, 0.4) is 0 Å². The monoisotopic (exact) mass is 321 g/mol. The Kier molecular flexibility index (Phi) is 4.56. The molecule has 0 aliphatic carbocycles. The summed E-state index contributed by atoms with van der Waals surface area (Å²) < 4.78 is 0. The van der Waals surface area contributed by atoms with Gasteiger partial charge in [-0.15, -0.1) is 11.3 Å². The van der Waals surface area contributed by atoms with Crippen LogP contribution in [-0.2, 0) is 6.54 Å². The first-order valence-electron chi connectivity index (χ1n) is 6.33. The van der Waals surface area contributed by atoms with Crippen LogP contribution in [0.5, 0.6) is 0 Å². The first-order chi connectivity index (χ1) is 10.4. The Balaban J connectivity index is 2.14. The Bertz CT molecular complexity index is 713. The largest absolute Gasteiger partial charge is 0.398 e. The zero-order valence-corrected chi connectivity index (χ0v) is 12.9. The van der Waals surface area contributed by atoms with Crippen molar-refractivity contribution in [3.63, 3.8) is 0 Å². The number of nitrogens with two attached hydrogens (primary N) is 1. The number of carbonyl (C=O) groups is 1. The summed E-state index contributed by atoms with van der Waals surface area (Å²) in [6, 6.07) is 4.14. The van der Waals surface area contributed by atoms with Crippen LogP contribution in [0, 0.1) is 10.1 Å². The van der Waals surface area contributed by atoms with E-state index in [0.29, 0.717) is 5.69 Å². The number of thiazole rings is 1. The van der Waals surface area contributed by atoms with Gasteiger partial charge in [-0.1, -0.05) is 6.07 Å². The van der Waals surface area contributed by atoms with Gasteiger partial charge in [0, 0.05) is 25.5 Å². The standard InChI is InChI=1S/C13H15N5O3S/c1-17(2)13-16-8(7-22-13)6-15-12(19)11-9(14)4-3-5-10(11)18(20)21/h3-5,7H,6,14H2,1-2H3,(H,15,19). The number of nitro groups is 1. The van der Waals surface area contributed by atoms with E-state index in [-0.39, 0.29) is 23.5 Å². The SMILES string of the molecule is CN(C)c1nc(CNC(=O)c2c(N)cccc2[N+](=O)[O-])cs1. The van der Waals surface area contributed by atoms with Gasteiger partial charge in [-0.25, -0.2) is 4.98 Å².